The number of allylic oxidation sites excluding steroid dienone is 2. The highest BCUT2D eigenvalue weighted by Crippen LogP contribution is 2.55. The summed E-state index contributed by atoms with van der Waals surface area (Å²) in [4.78, 5) is 44.5. The lowest BCUT2D eigenvalue weighted by Crippen LogP contribution is -2.55. The maximum absolute atomic E-state index is 14.2. The van der Waals surface area contributed by atoms with Gasteiger partial charge in [0.05, 0.1) is 6.10 Å². The molecule has 2 aromatic rings. The lowest BCUT2D eigenvalue weighted by molar-refractivity contribution is -0.148. The van der Waals surface area contributed by atoms with Crippen LogP contribution < -0.4 is 5.32 Å². The maximum Gasteiger partial charge on any atom is 0.235 e. The monoisotopic (exact) mass is 530 g/mol. The molecule has 39 heavy (non-hydrogen) atoms. The standard InChI is InChI=1S/C32H38N2O5/c1-17-8-7-10-23-30(38)20(4)19(3)28-25(15-21-16-33-24-11-6-5-9-22(21)24)34-31(39)32(23,28)27(36)13-12-26(35)29(37)18(2)14-17/h5-7,9-11,14,16-17,23,25,28-30,33,37-38H,8,12-13,15H2,1-4H3,(H,34,39)/b10-7+,18-14+/t17-,23-,25+,28-,29-,30+,32+/m0/s1. The Morgan fingerprint density at radius 3 is 2.54 bits per heavy atom. The van der Waals surface area contributed by atoms with Crippen LogP contribution >= 0.6 is 0 Å². The molecule has 1 amide bonds. The first-order valence-corrected chi connectivity index (χ1v) is 13.9. The predicted molar refractivity (Wildman–Crippen MR) is 150 cm³/mol. The number of para-hydroxylation sites is 1. The molecule has 7 nitrogen and oxygen atoms in total. The van der Waals surface area contributed by atoms with Crippen LogP contribution in [0, 0.1) is 23.2 Å². The fourth-order valence-electron chi connectivity index (χ4n) is 7.16. The molecular weight excluding hydrogens is 492 g/mol. The van der Waals surface area contributed by atoms with Gasteiger partial charge >= 0.3 is 0 Å². The number of rotatable bonds is 2. The van der Waals surface area contributed by atoms with Crippen molar-refractivity contribution in [2.45, 2.75) is 71.6 Å². The number of aromatic amines is 1. The average Bonchev–Trinajstić information content (AvgIpc) is 3.45. The summed E-state index contributed by atoms with van der Waals surface area (Å²) in [6.07, 6.45) is 6.07. The molecule has 7 heteroatoms. The number of fused-ring (bicyclic) bond motifs is 1. The van der Waals surface area contributed by atoms with E-state index < -0.39 is 41.1 Å². The molecular formula is C32H38N2O5. The van der Waals surface area contributed by atoms with Gasteiger partial charge in [-0.25, -0.2) is 0 Å². The fraction of sp³-hybridized carbons (Fsp3) is 0.469. The van der Waals surface area contributed by atoms with Gasteiger partial charge in [0.25, 0.3) is 0 Å². The van der Waals surface area contributed by atoms with Crippen LogP contribution in [0.3, 0.4) is 0 Å². The first-order chi connectivity index (χ1) is 18.6. The highest BCUT2D eigenvalue weighted by atomic mass is 16.3. The lowest BCUT2D eigenvalue weighted by atomic mass is 9.54. The van der Waals surface area contributed by atoms with Crippen molar-refractivity contribution < 1.29 is 24.6 Å². The Balaban J connectivity index is 1.61. The van der Waals surface area contributed by atoms with Crippen LogP contribution in [0.2, 0.25) is 0 Å². The number of aliphatic hydroxyl groups excluding tert-OH is 2. The van der Waals surface area contributed by atoms with Crippen molar-refractivity contribution in [3.05, 3.63) is 71.0 Å². The third-order valence-corrected chi connectivity index (χ3v) is 9.29. The number of amides is 1. The minimum absolute atomic E-state index is 0.0260. The maximum atomic E-state index is 14.2. The second-order valence-electron chi connectivity index (χ2n) is 11.7. The minimum atomic E-state index is -1.54. The first kappa shape index (κ1) is 27.3. The fourth-order valence-corrected chi connectivity index (χ4v) is 7.16. The van der Waals surface area contributed by atoms with E-state index >= 15 is 0 Å². The average molecular weight is 531 g/mol. The molecule has 7 atom stereocenters. The zero-order valence-electron chi connectivity index (χ0n) is 23.0. The van der Waals surface area contributed by atoms with Gasteiger partial charge in [0, 0.05) is 47.8 Å². The van der Waals surface area contributed by atoms with Crippen LogP contribution in [0.25, 0.3) is 10.9 Å². The summed E-state index contributed by atoms with van der Waals surface area (Å²) in [5, 5.41) is 26.3. The molecule has 0 saturated carbocycles. The molecule has 1 spiro atoms. The third-order valence-electron chi connectivity index (χ3n) is 9.29. The Kier molecular flexibility index (Phi) is 7.25. The molecule has 0 radical (unpaired) electrons. The molecule has 0 unspecified atom stereocenters. The van der Waals surface area contributed by atoms with Gasteiger partial charge in [0.2, 0.25) is 5.91 Å². The number of aliphatic hydroxyl groups is 2. The topological polar surface area (TPSA) is 119 Å². The Labute approximate surface area is 229 Å². The minimum Gasteiger partial charge on any atom is -0.388 e. The molecule has 2 heterocycles. The number of Topliss-reactive ketones (excluding diaryl/α,β-unsaturated/α-hetero) is 2. The van der Waals surface area contributed by atoms with E-state index in [1.807, 2.05) is 69.5 Å². The molecule has 1 aliphatic heterocycles. The lowest BCUT2D eigenvalue weighted by Gasteiger charge is -2.46. The van der Waals surface area contributed by atoms with E-state index in [0.29, 0.717) is 18.4 Å². The largest absolute Gasteiger partial charge is 0.388 e. The molecule has 2 aliphatic carbocycles. The Bertz CT molecular complexity index is 1410. The SMILES string of the molecule is CC1=C(C)[C@H]2[C@@H](Cc3c[nH]c4ccccc34)NC(=O)[C@]23C(=O)CCC(=O)[C@@H](O)/C(C)=C/[C@@H](C)C/C=C/[C@H]3[C@@H]1O. The molecule has 4 N–H and O–H groups in total. The number of carbonyl (C=O) groups is 3. The van der Waals surface area contributed by atoms with Crippen molar-refractivity contribution >= 4 is 28.4 Å². The number of hydrogen-bond donors (Lipinski definition) is 4. The summed E-state index contributed by atoms with van der Waals surface area (Å²) in [5.74, 6) is -2.40. The van der Waals surface area contributed by atoms with Gasteiger partial charge in [-0.1, -0.05) is 48.9 Å². The van der Waals surface area contributed by atoms with Crippen molar-refractivity contribution in [3.8, 4) is 0 Å². The number of ketones is 2. The molecule has 1 saturated heterocycles. The van der Waals surface area contributed by atoms with E-state index in [0.717, 1.165) is 27.6 Å². The summed E-state index contributed by atoms with van der Waals surface area (Å²) in [5.41, 5.74) is 2.68. The highest BCUT2D eigenvalue weighted by molar-refractivity contribution is 6.10. The van der Waals surface area contributed by atoms with Crippen LogP contribution in [0.15, 0.2) is 65.4 Å². The van der Waals surface area contributed by atoms with Crippen molar-refractivity contribution in [3.63, 3.8) is 0 Å². The van der Waals surface area contributed by atoms with E-state index in [-0.39, 0.29) is 30.6 Å². The molecule has 3 aliphatic rings. The molecule has 1 aromatic heterocycles. The van der Waals surface area contributed by atoms with E-state index in [9.17, 15) is 24.6 Å². The molecule has 0 bridgehead atoms. The summed E-state index contributed by atoms with van der Waals surface area (Å²) in [6.45, 7) is 7.50. The number of hydrogen-bond acceptors (Lipinski definition) is 5. The molecule has 5 rings (SSSR count). The highest BCUT2D eigenvalue weighted by Gasteiger charge is 2.66. The number of carbonyl (C=O) groups excluding carboxylic acids is 3. The van der Waals surface area contributed by atoms with E-state index in [2.05, 4.69) is 10.3 Å². The van der Waals surface area contributed by atoms with Crippen LogP contribution in [0.5, 0.6) is 0 Å². The summed E-state index contributed by atoms with van der Waals surface area (Å²) >= 11 is 0. The number of benzene rings is 1. The molecule has 206 valence electrons. The quantitative estimate of drug-likeness (QED) is 0.346. The van der Waals surface area contributed by atoms with Gasteiger partial charge in [-0.3, -0.25) is 14.4 Å². The summed E-state index contributed by atoms with van der Waals surface area (Å²) in [6, 6.07) is 7.62. The zero-order chi connectivity index (χ0) is 28.1. The Morgan fingerprint density at radius 2 is 1.77 bits per heavy atom. The van der Waals surface area contributed by atoms with E-state index in [1.165, 1.54) is 0 Å². The van der Waals surface area contributed by atoms with Crippen LogP contribution in [-0.2, 0) is 20.8 Å². The second-order valence-corrected chi connectivity index (χ2v) is 11.7. The number of H-pyrrole nitrogens is 1. The normalized spacial score (nSPS) is 36.3. The van der Waals surface area contributed by atoms with Gasteiger partial charge in [-0.15, -0.1) is 0 Å². The number of nitrogens with one attached hydrogen (secondary N) is 2. The summed E-state index contributed by atoms with van der Waals surface area (Å²) in [7, 11) is 0. The van der Waals surface area contributed by atoms with Crippen LogP contribution in [-0.4, -0.2) is 50.9 Å². The molecule has 1 aromatic carbocycles. The molecule has 1 fully saturated rings. The Hall–Kier alpha value is -3.29. The third kappa shape index (κ3) is 4.42. The van der Waals surface area contributed by atoms with Crippen molar-refractivity contribution in [1.29, 1.82) is 0 Å². The van der Waals surface area contributed by atoms with Gasteiger partial charge < -0.3 is 20.5 Å². The van der Waals surface area contributed by atoms with E-state index in [4.69, 9.17) is 0 Å². The van der Waals surface area contributed by atoms with Crippen LogP contribution in [0.1, 0.15) is 52.5 Å². The Morgan fingerprint density at radius 1 is 1.03 bits per heavy atom. The van der Waals surface area contributed by atoms with Crippen molar-refractivity contribution in [2.75, 3.05) is 0 Å². The zero-order valence-corrected chi connectivity index (χ0v) is 23.0. The van der Waals surface area contributed by atoms with Gasteiger partial charge in [0.1, 0.15) is 17.3 Å². The smallest absolute Gasteiger partial charge is 0.235 e. The van der Waals surface area contributed by atoms with Crippen molar-refractivity contribution in [2.24, 2.45) is 23.2 Å². The number of aromatic nitrogens is 1. The van der Waals surface area contributed by atoms with Gasteiger partial charge in [-0.05, 0) is 62.3 Å². The predicted octanol–water partition coefficient (Wildman–Crippen LogP) is 3.96. The van der Waals surface area contributed by atoms with E-state index in [1.54, 1.807) is 6.92 Å². The summed E-state index contributed by atoms with van der Waals surface area (Å²) < 4.78 is 0. The first-order valence-electron chi connectivity index (χ1n) is 13.9. The van der Waals surface area contributed by atoms with Crippen molar-refractivity contribution in [1.82, 2.24) is 10.3 Å². The van der Waals surface area contributed by atoms with Gasteiger partial charge in [0.15, 0.2) is 5.78 Å². The van der Waals surface area contributed by atoms with Crippen LogP contribution in [0.4, 0.5) is 0 Å². The second kappa shape index (κ2) is 10.4. The van der Waals surface area contributed by atoms with Gasteiger partial charge in [-0.2, -0.15) is 0 Å².